The number of hydrogen-bond donors (Lipinski definition) is 3. The largest absolute Gasteiger partial charge is 0.451 e. The highest BCUT2D eigenvalue weighted by Gasteiger charge is 2.33. The molecule has 2 aromatic rings. The second kappa shape index (κ2) is 9.64. The molecule has 3 atom stereocenters. The van der Waals surface area contributed by atoms with Crippen LogP contribution in [0.3, 0.4) is 0 Å². The summed E-state index contributed by atoms with van der Waals surface area (Å²) in [6.07, 6.45) is -2.58. The average molecular weight is 420 g/mol. The third-order valence-corrected chi connectivity index (χ3v) is 5.51. The first-order chi connectivity index (χ1) is 13.6. The van der Waals surface area contributed by atoms with Gasteiger partial charge in [0, 0.05) is 5.69 Å². The van der Waals surface area contributed by atoms with Gasteiger partial charge in [0.2, 0.25) is 10.0 Å². The number of anilines is 1. The summed E-state index contributed by atoms with van der Waals surface area (Å²) in [5.74, 6) is -1.65. The summed E-state index contributed by atoms with van der Waals surface area (Å²) in [5, 5.41) is 12.5. The van der Waals surface area contributed by atoms with Crippen molar-refractivity contribution in [2.75, 3.05) is 5.32 Å². The van der Waals surface area contributed by atoms with Crippen LogP contribution in [0.4, 0.5) is 5.69 Å². The Morgan fingerprint density at radius 2 is 1.59 bits per heavy atom. The van der Waals surface area contributed by atoms with E-state index in [9.17, 15) is 23.1 Å². The SMILES string of the molecule is Cc1ccc(S(=O)(=O)NC(C(=O)OC(C)C(=O)Nc2ccccc2)C(C)O)cc1. The van der Waals surface area contributed by atoms with Gasteiger partial charge in [-0.25, -0.2) is 8.42 Å². The maximum atomic E-state index is 12.5. The number of carbonyl (C=O) groups is 2. The van der Waals surface area contributed by atoms with E-state index < -0.39 is 40.1 Å². The van der Waals surface area contributed by atoms with Crippen LogP contribution in [0.15, 0.2) is 59.5 Å². The number of para-hydroxylation sites is 1. The summed E-state index contributed by atoms with van der Waals surface area (Å²) < 4.78 is 32.2. The Morgan fingerprint density at radius 1 is 1.00 bits per heavy atom. The van der Waals surface area contributed by atoms with E-state index >= 15 is 0 Å². The Hall–Kier alpha value is -2.75. The molecule has 0 bridgehead atoms. The molecular weight excluding hydrogens is 396 g/mol. The molecule has 0 heterocycles. The van der Waals surface area contributed by atoms with Gasteiger partial charge >= 0.3 is 5.97 Å². The summed E-state index contributed by atoms with van der Waals surface area (Å²) >= 11 is 0. The van der Waals surface area contributed by atoms with Crippen molar-refractivity contribution in [3.63, 3.8) is 0 Å². The first-order valence-electron chi connectivity index (χ1n) is 8.93. The third-order valence-electron chi connectivity index (χ3n) is 4.05. The predicted molar refractivity (Wildman–Crippen MR) is 108 cm³/mol. The molecule has 0 saturated heterocycles. The van der Waals surface area contributed by atoms with Crippen LogP contribution >= 0.6 is 0 Å². The second-order valence-electron chi connectivity index (χ2n) is 6.59. The van der Waals surface area contributed by atoms with E-state index in [4.69, 9.17) is 4.74 Å². The molecule has 0 aliphatic heterocycles. The second-order valence-corrected chi connectivity index (χ2v) is 8.30. The zero-order chi connectivity index (χ0) is 21.6. The highest BCUT2D eigenvalue weighted by Crippen LogP contribution is 2.13. The fourth-order valence-electron chi connectivity index (χ4n) is 2.36. The molecule has 156 valence electrons. The molecule has 9 heteroatoms. The molecule has 0 aliphatic carbocycles. The van der Waals surface area contributed by atoms with E-state index in [0.717, 1.165) is 5.56 Å². The Kier molecular flexibility index (Phi) is 7.49. The Morgan fingerprint density at radius 3 is 2.14 bits per heavy atom. The van der Waals surface area contributed by atoms with Gasteiger partial charge in [0.15, 0.2) is 6.10 Å². The molecule has 0 aliphatic rings. The molecule has 3 N–H and O–H groups in total. The van der Waals surface area contributed by atoms with Crippen LogP contribution in [-0.4, -0.2) is 43.7 Å². The highest BCUT2D eigenvalue weighted by atomic mass is 32.2. The van der Waals surface area contributed by atoms with Crippen LogP contribution < -0.4 is 10.0 Å². The third kappa shape index (κ3) is 6.38. The number of aryl methyl sites for hydroxylation is 1. The Bertz CT molecular complexity index is 943. The molecule has 2 rings (SSSR count). The number of amides is 1. The molecule has 29 heavy (non-hydrogen) atoms. The van der Waals surface area contributed by atoms with Crippen molar-refractivity contribution in [3.05, 3.63) is 60.2 Å². The molecule has 2 aromatic carbocycles. The van der Waals surface area contributed by atoms with Crippen LogP contribution in [0.25, 0.3) is 0 Å². The van der Waals surface area contributed by atoms with Crippen molar-refractivity contribution in [1.82, 2.24) is 4.72 Å². The smallest absolute Gasteiger partial charge is 0.327 e. The van der Waals surface area contributed by atoms with E-state index in [0.29, 0.717) is 5.69 Å². The number of aliphatic hydroxyl groups is 1. The van der Waals surface area contributed by atoms with Crippen molar-refractivity contribution in [3.8, 4) is 0 Å². The van der Waals surface area contributed by atoms with Crippen molar-refractivity contribution < 1.29 is 27.9 Å². The molecule has 0 radical (unpaired) electrons. The van der Waals surface area contributed by atoms with Gasteiger partial charge < -0.3 is 15.2 Å². The number of esters is 1. The predicted octanol–water partition coefficient (Wildman–Crippen LogP) is 1.59. The first-order valence-corrected chi connectivity index (χ1v) is 10.4. The summed E-state index contributed by atoms with van der Waals surface area (Å²) in [5.41, 5.74) is 1.39. The lowest BCUT2D eigenvalue weighted by atomic mass is 10.2. The quantitative estimate of drug-likeness (QED) is 0.558. The topological polar surface area (TPSA) is 122 Å². The molecule has 8 nitrogen and oxygen atoms in total. The fraction of sp³-hybridized carbons (Fsp3) is 0.300. The van der Waals surface area contributed by atoms with Crippen LogP contribution in [0, 0.1) is 6.92 Å². The zero-order valence-corrected chi connectivity index (χ0v) is 17.1. The minimum absolute atomic E-state index is 0.0589. The van der Waals surface area contributed by atoms with Gasteiger partial charge in [-0.1, -0.05) is 35.9 Å². The van der Waals surface area contributed by atoms with Crippen molar-refractivity contribution in [1.29, 1.82) is 0 Å². The van der Waals surface area contributed by atoms with Crippen molar-refractivity contribution in [2.45, 2.75) is 43.9 Å². The zero-order valence-electron chi connectivity index (χ0n) is 16.3. The normalized spacial score (nSPS) is 14.5. The Balaban J connectivity index is 2.06. The number of aliphatic hydroxyl groups excluding tert-OH is 1. The van der Waals surface area contributed by atoms with Gasteiger partial charge in [0.25, 0.3) is 5.91 Å². The number of ether oxygens (including phenoxy) is 1. The fourth-order valence-corrected chi connectivity index (χ4v) is 3.62. The molecular formula is C20H24N2O6S. The van der Waals surface area contributed by atoms with E-state index in [1.54, 1.807) is 42.5 Å². The minimum atomic E-state index is -4.08. The monoisotopic (exact) mass is 420 g/mol. The summed E-state index contributed by atoms with van der Waals surface area (Å²) in [6.45, 7) is 4.41. The maximum absolute atomic E-state index is 12.5. The van der Waals surface area contributed by atoms with E-state index in [1.165, 1.54) is 26.0 Å². The van der Waals surface area contributed by atoms with Crippen molar-refractivity contribution in [2.24, 2.45) is 0 Å². The lowest BCUT2D eigenvalue weighted by molar-refractivity contribution is -0.157. The van der Waals surface area contributed by atoms with Crippen LogP contribution in [0.1, 0.15) is 19.4 Å². The van der Waals surface area contributed by atoms with Crippen LogP contribution in [0.5, 0.6) is 0 Å². The van der Waals surface area contributed by atoms with E-state index in [-0.39, 0.29) is 4.90 Å². The van der Waals surface area contributed by atoms with Gasteiger partial charge in [-0.3, -0.25) is 9.59 Å². The van der Waals surface area contributed by atoms with Crippen LogP contribution in [0.2, 0.25) is 0 Å². The summed E-state index contributed by atoms with van der Waals surface area (Å²) in [6, 6.07) is 13.0. The van der Waals surface area contributed by atoms with Gasteiger partial charge in [0.1, 0.15) is 6.04 Å². The van der Waals surface area contributed by atoms with Gasteiger partial charge in [0.05, 0.1) is 11.0 Å². The van der Waals surface area contributed by atoms with Crippen molar-refractivity contribution >= 4 is 27.6 Å². The summed E-state index contributed by atoms with van der Waals surface area (Å²) in [7, 11) is -4.08. The lowest BCUT2D eigenvalue weighted by Crippen LogP contribution is -2.49. The standard InChI is InChI=1S/C20H24N2O6S/c1-13-9-11-17(12-10-13)29(26,27)22-18(14(2)23)20(25)28-15(3)19(24)21-16-7-5-4-6-8-16/h4-12,14-15,18,22-23H,1-3H3,(H,21,24). The number of hydrogen-bond acceptors (Lipinski definition) is 6. The number of sulfonamides is 1. The van der Waals surface area contributed by atoms with Crippen LogP contribution in [-0.2, 0) is 24.3 Å². The van der Waals surface area contributed by atoms with Gasteiger partial charge in [-0.2, -0.15) is 4.72 Å². The maximum Gasteiger partial charge on any atom is 0.327 e. The average Bonchev–Trinajstić information content (AvgIpc) is 2.67. The Labute approximate surface area is 169 Å². The molecule has 0 saturated carbocycles. The number of benzene rings is 2. The first kappa shape index (κ1) is 22.5. The highest BCUT2D eigenvalue weighted by molar-refractivity contribution is 7.89. The van der Waals surface area contributed by atoms with Gasteiger partial charge in [-0.05, 0) is 45.0 Å². The minimum Gasteiger partial charge on any atom is -0.451 e. The number of nitrogens with one attached hydrogen (secondary N) is 2. The molecule has 0 fully saturated rings. The number of carbonyl (C=O) groups excluding carboxylic acids is 2. The molecule has 3 unspecified atom stereocenters. The lowest BCUT2D eigenvalue weighted by Gasteiger charge is -2.22. The molecule has 1 amide bonds. The number of rotatable bonds is 8. The summed E-state index contributed by atoms with van der Waals surface area (Å²) in [4.78, 5) is 24.6. The molecule has 0 spiro atoms. The van der Waals surface area contributed by atoms with E-state index in [1.807, 2.05) is 6.92 Å². The van der Waals surface area contributed by atoms with E-state index in [2.05, 4.69) is 10.0 Å². The molecule has 0 aromatic heterocycles. The van der Waals surface area contributed by atoms with Gasteiger partial charge in [-0.15, -0.1) is 0 Å².